The Labute approximate surface area is 350 Å². The summed E-state index contributed by atoms with van der Waals surface area (Å²) in [6.45, 7) is 18.1. The molecule has 0 aliphatic carbocycles. The number of aliphatic carboxylic acids is 1. The van der Waals surface area contributed by atoms with Crippen LogP contribution in [-0.2, 0) is 38.0 Å². The average molecular weight is 840 g/mol. The SMILES string of the molecule is CC[C@@H](C(=O)[C@@H](C)[C@@H](O)[C@H](C)[C@@H]1O[C@@H]([C@@H](CC)C(=O)O)CC[C@@H]1C)[C@H]1O[C@]2(C=C[C@@H](NC(=O)OCCF)[C@]3(CC[C@@](C)([C@H]4CC[C@](O)(CC)[C@H](C)O4)O3)O2)[C@H](C)C[C@@H]1C. The number of halogens is 1. The summed E-state index contributed by atoms with van der Waals surface area (Å²) in [6.07, 6.45) is 4.91. The lowest BCUT2D eigenvalue weighted by molar-refractivity contribution is -0.398. The molecular formula is C45H74FNO12. The number of aliphatic hydroxyl groups is 2. The molecule has 18 atom stereocenters. The monoisotopic (exact) mass is 840 g/mol. The third-order valence-corrected chi connectivity index (χ3v) is 15.1. The van der Waals surface area contributed by atoms with Crippen LogP contribution in [0.4, 0.5) is 9.18 Å². The number of ketones is 1. The molecule has 14 heteroatoms. The van der Waals surface area contributed by atoms with Crippen LogP contribution in [0.25, 0.3) is 0 Å². The van der Waals surface area contributed by atoms with Gasteiger partial charge in [-0.3, -0.25) is 9.59 Å². The minimum Gasteiger partial charge on any atom is -0.481 e. The minimum absolute atomic E-state index is 0.0561. The number of alkyl carbamates (subject to hydrolysis) is 1. The molecule has 0 aromatic carbocycles. The molecule has 1 amide bonds. The first-order chi connectivity index (χ1) is 27.7. The van der Waals surface area contributed by atoms with Crippen molar-refractivity contribution in [3.05, 3.63) is 12.2 Å². The number of ether oxygens (including phenoxy) is 6. The van der Waals surface area contributed by atoms with Crippen LogP contribution in [0.3, 0.4) is 0 Å². The maximum Gasteiger partial charge on any atom is 0.407 e. The second-order valence-electron chi connectivity index (χ2n) is 18.9. The summed E-state index contributed by atoms with van der Waals surface area (Å²) >= 11 is 0. The van der Waals surface area contributed by atoms with E-state index in [0.29, 0.717) is 57.8 Å². The van der Waals surface area contributed by atoms with Crippen LogP contribution in [0.1, 0.15) is 133 Å². The number of rotatable bonds is 15. The van der Waals surface area contributed by atoms with E-state index in [1.54, 1.807) is 19.1 Å². The lowest BCUT2D eigenvalue weighted by atomic mass is 9.72. The lowest BCUT2D eigenvalue weighted by Crippen LogP contribution is -2.65. The van der Waals surface area contributed by atoms with Crippen molar-refractivity contribution in [2.45, 2.75) is 199 Å². The average Bonchev–Trinajstić information content (AvgIpc) is 3.54. The van der Waals surface area contributed by atoms with E-state index in [2.05, 4.69) is 12.2 Å². The maximum absolute atomic E-state index is 14.6. The van der Waals surface area contributed by atoms with E-state index in [1.165, 1.54) is 0 Å². The molecule has 5 aliphatic heterocycles. The van der Waals surface area contributed by atoms with E-state index in [4.69, 9.17) is 28.4 Å². The second-order valence-corrected chi connectivity index (χ2v) is 18.9. The molecule has 0 unspecified atom stereocenters. The van der Waals surface area contributed by atoms with Crippen LogP contribution < -0.4 is 5.32 Å². The van der Waals surface area contributed by atoms with Crippen LogP contribution in [0.15, 0.2) is 12.2 Å². The van der Waals surface area contributed by atoms with Crippen molar-refractivity contribution < 1.29 is 62.5 Å². The van der Waals surface area contributed by atoms with Crippen LogP contribution in [0.5, 0.6) is 0 Å². The Hall–Kier alpha value is -2.20. The van der Waals surface area contributed by atoms with Gasteiger partial charge in [0.05, 0.1) is 53.7 Å². The number of carbonyl (C=O) groups excluding carboxylic acids is 2. The van der Waals surface area contributed by atoms with Crippen molar-refractivity contribution >= 4 is 17.8 Å². The fourth-order valence-electron chi connectivity index (χ4n) is 11.0. The first kappa shape index (κ1) is 47.8. The molecule has 13 nitrogen and oxygen atoms in total. The predicted octanol–water partition coefficient (Wildman–Crippen LogP) is 6.89. The number of hydrogen-bond donors (Lipinski definition) is 4. The van der Waals surface area contributed by atoms with Gasteiger partial charge in [-0.25, -0.2) is 9.18 Å². The molecule has 4 fully saturated rings. The van der Waals surface area contributed by atoms with Crippen LogP contribution in [0.2, 0.25) is 0 Å². The van der Waals surface area contributed by atoms with Gasteiger partial charge in [-0.15, -0.1) is 0 Å². The van der Waals surface area contributed by atoms with Crippen molar-refractivity contribution in [1.82, 2.24) is 5.32 Å². The summed E-state index contributed by atoms with van der Waals surface area (Å²) in [4.78, 5) is 39.5. The molecule has 4 N–H and O–H groups in total. The van der Waals surface area contributed by atoms with Crippen LogP contribution >= 0.6 is 0 Å². The van der Waals surface area contributed by atoms with Crippen molar-refractivity contribution in [2.75, 3.05) is 13.3 Å². The van der Waals surface area contributed by atoms with E-state index in [0.717, 1.165) is 6.42 Å². The molecule has 5 aliphatic rings. The van der Waals surface area contributed by atoms with Gasteiger partial charge in [0, 0.05) is 30.1 Å². The summed E-state index contributed by atoms with van der Waals surface area (Å²) in [5, 5.41) is 35.6. The quantitative estimate of drug-likeness (QED) is 0.126. The fourth-order valence-corrected chi connectivity index (χ4v) is 11.0. The predicted molar refractivity (Wildman–Crippen MR) is 217 cm³/mol. The Morgan fingerprint density at radius 1 is 0.932 bits per heavy atom. The zero-order valence-corrected chi connectivity index (χ0v) is 37.1. The lowest BCUT2D eigenvalue weighted by Gasteiger charge is -2.55. The van der Waals surface area contributed by atoms with Gasteiger partial charge in [0.15, 0.2) is 11.6 Å². The van der Waals surface area contributed by atoms with Crippen molar-refractivity contribution in [3.8, 4) is 0 Å². The largest absolute Gasteiger partial charge is 0.481 e. The van der Waals surface area contributed by atoms with Crippen molar-refractivity contribution in [2.24, 2.45) is 41.4 Å². The smallest absolute Gasteiger partial charge is 0.407 e. The molecule has 0 radical (unpaired) electrons. The number of alkyl halides is 1. The highest BCUT2D eigenvalue weighted by molar-refractivity contribution is 5.84. The van der Waals surface area contributed by atoms with Crippen LogP contribution in [-0.4, -0.2) is 112 Å². The van der Waals surface area contributed by atoms with Crippen molar-refractivity contribution in [1.29, 1.82) is 0 Å². The Kier molecular flexibility index (Phi) is 15.4. The highest BCUT2D eigenvalue weighted by Gasteiger charge is 2.63. The van der Waals surface area contributed by atoms with Gasteiger partial charge in [0.25, 0.3) is 0 Å². The van der Waals surface area contributed by atoms with E-state index >= 15 is 0 Å². The zero-order chi connectivity index (χ0) is 43.7. The van der Waals surface area contributed by atoms with Crippen molar-refractivity contribution in [3.63, 3.8) is 0 Å². The molecule has 0 aromatic heterocycles. The Balaban J connectivity index is 1.38. The molecular weight excluding hydrogens is 765 g/mol. The van der Waals surface area contributed by atoms with E-state index in [9.17, 15) is 34.1 Å². The number of aliphatic hydroxyl groups excluding tert-OH is 1. The number of amides is 1. The second kappa shape index (κ2) is 19.0. The highest BCUT2D eigenvalue weighted by Crippen LogP contribution is 2.54. The van der Waals surface area contributed by atoms with Gasteiger partial charge in [0.1, 0.15) is 25.1 Å². The molecule has 338 valence electrons. The Bertz CT molecular complexity index is 1500. The Morgan fingerprint density at radius 3 is 2.24 bits per heavy atom. The molecule has 0 saturated carbocycles. The maximum atomic E-state index is 14.6. The molecule has 0 aromatic rings. The summed E-state index contributed by atoms with van der Waals surface area (Å²) < 4.78 is 52.1. The van der Waals surface area contributed by atoms with Crippen LogP contribution in [0, 0.1) is 41.4 Å². The Morgan fingerprint density at radius 2 is 1.63 bits per heavy atom. The summed E-state index contributed by atoms with van der Waals surface area (Å²) in [7, 11) is 0. The first-order valence-electron chi connectivity index (χ1n) is 22.5. The summed E-state index contributed by atoms with van der Waals surface area (Å²) in [5.41, 5.74) is -1.80. The third kappa shape index (κ3) is 9.59. The highest BCUT2D eigenvalue weighted by atomic mass is 19.1. The molecule has 5 rings (SSSR count). The van der Waals surface area contributed by atoms with Gasteiger partial charge >= 0.3 is 12.1 Å². The van der Waals surface area contributed by atoms with Gasteiger partial charge < -0.3 is 49.1 Å². The molecule has 59 heavy (non-hydrogen) atoms. The number of nitrogens with one attached hydrogen (secondary N) is 1. The first-order valence-corrected chi connectivity index (χ1v) is 22.5. The standard InChI is InChI=1S/C45H74FNO12/c1-11-31(40(50)51)33-15-14-25(4)38(56-33)29(8)36(48)28(7)37(49)32(12-2)39-26(5)24-27(6)44(57-39)19-16-34(47-41(52)54-23-22-46)45(59-44)21-20-42(10,58-45)35-17-18-43(53,13-3)30(9)55-35/h16,19,25-36,38-39,48,53H,11-15,17-18,20-24H2,1-10H3,(H,47,52)(H,50,51)/t25-,26-,27+,28-,29-,30-,31+,32-,33+,34+,35+,36+,38+,39-,42-,43+,44-,45-/m0/s1. The van der Waals surface area contributed by atoms with Gasteiger partial charge in [-0.1, -0.05) is 61.5 Å². The number of carbonyl (C=O) groups is 3. The number of carboxylic acids is 1. The topological polar surface area (TPSA) is 179 Å². The molecule has 5 heterocycles. The zero-order valence-electron chi connectivity index (χ0n) is 37.1. The molecule has 2 spiro atoms. The molecule has 4 saturated heterocycles. The third-order valence-electron chi connectivity index (χ3n) is 15.1. The minimum atomic E-state index is -1.45. The normalized spacial score (nSPS) is 42.5. The number of hydrogen-bond acceptors (Lipinski definition) is 11. The van der Waals surface area contributed by atoms with Gasteiger partial charge in [0.2, 0.25) is 0 Å². The summed E-state index contributed by atoms with van der Waals surface area (Å²) in [6, 6.07) is -0.836. The fraction of sp³-hybridized carbons (Fsp3) is 0.889. The van der Waals surface area contributed by atoms with E-state index < -0.39 is 108 Å². The molecule has 0 bridgehead atoms. The van der Waals surface area contributed by atoms with E-state index in [1.807, 2.05) is 55.4 Å². The number of carboxylic acid groups (broad SMARTS) is 1. The number of Topliss-reactive ketones (excluding diaryl/α,β-unsaturated/α-hetero) is 1. The van der Waals surface area contributed by atoms with Gasteiger partial charge in [-0.2, -0.15) is 0 Å². The van der Waals surface area contributed by atoms with Gasteiger partial charge in [-0.05, 0) is 89.5 Å². The van der Waals surface area contributed by atoms with E-state index in [-0.39, 0.29) is 29.6 Å². The summed E-state index contributed by atoms with van der Waals surface area (Å²) in [5.74, 6) is -6.42.